The maximum atomic E-state index is 13.1. The Morgan fingerprint density at radius 2 is 1.97 bits per heavy atom. The molecule has 34 heavy (non-hydrogen) atoms. The molecule has 0 unspecified atom stereocenters. The van der Waals surface area contributed by atoms with E-state index in [1.165, 1.54) is 16.3 Å². The highest BCUT2D eigenvalue weighted by Crippen LogP contribution is 2.33. The quantitative estimate of drug-likeness (QED) is 0.366. The van der Waals surface area contributed by atoms with Gasteiger partial charge in [0.2, 0.25) is 0 Å². The molecule has 8 nitrogen and oxygen atoms in total. The molecule has 1 N–H and O–H groups in total. The highest BCUT2D eigenvalue weighted by molar-refractivity contribution is 7.13. The van der Waals surface area contributed by atoms with Crippen LogP contribution in [0.3, 0.4) is 0 Å². The molecule has 0 spiro atoms. The molecule has 1 aliphatic heterocycles. The van der Waals surface area contributed by atoms with Crippen molar-refractivity contribution in [1.82, 2.24) is 9.99 Å². The SMILES string of the molecule is C=CCNc1nc(C(=O)OCC(=O)N2N=C(c3ccccc3)C[C@H]2c2ccc(OC)cc2)cs1. The summed E-state index contributed by atoms with van der Waals surface area (Å²) in [5, 5.41) is 11.2. The van der Waals surface area contributed by atoms with Crippen molar-refractivity contribution in [2.75, 3.05) is 25.6 Å². The lowest BCUT2D eigenvalue weighted by atomic mass is 9.98. The van der Waals surface area contributed by atoms with Crippen molar-refractivity contribution in [3.8, 4) is 5.75 Å². The molecule has 0 aliphatic carbocycles. The van der Waals surface area contributed by atoms with Crippen LogP contribution in [0.1, 0.15) is 34.1 Å². The summed E-state index contributed by atoms with van der Waals surface area (Å²) in [4.78, 5) is 29.7. The fourth-order valence-electron chi connectivity index (χ4n) is 3.51. The lowest BCUT2D eigenvalue weighted by molar-refractivity contribution is -0.136. The van der Waals surface area contributed by atoms with Crippen LogP contribution in [0.4, 0.5) is 5.13 Å². The number of benzene rings is 2. The zero-order chi connectivity index (χ0) is 23.9. The van der Waals surface area contributed by atoms with Gasteiger partial charge in [0.15, 0.2) is 17.4 Å². The van der Waals surface area contributed by atoms with Crippen molar-refractivity contribution in [3.63, 3.8) is 0 Å². The van der Waals surface area contributed by atoms with Crippen LogP contribution in [0, 0.1) is 0 Å². The van der Waals surface area contributed by atoms with Crippen LogP contribution < -0.4 is 10.1 Å². The van der Waals surface area contributed by atoms with Gasteiger partial charge in [-0.05, 0) is 23.3 Å². The van der Waals surface area contributed by atoms with Gasteiger partial charge in [0.25, 0.3) is 5.91 Å². The summed E-state index contributed by atoms with van der Waals surface area (Å²) in [6, 6.07) is 16.9. The molecule has 3 aromatic rings. The molecule has 1 aliphatic rings. The minimum atomic E-state index is -0.663. The first-order chi connectivity index (χ1) is 16.6. The normalized spacial score (nSPS) is 14.9. The van der Waals surface area contributed by atoms with Crippen molar-refractivity contribution in [1.29, 1.82) is 0 Å². The van der Waals surface area contributed by atoms with E-state index in [9.17, 15) is 9.59 Å². The average molecular weight is 477 g/mol. The maximum Gasteiger partial charge on any atom is 0.358 e. The molecular weight excluding hydrogens is 452 g/mol. The lowest BCUT2D eigenvalue weighted by Gasteiger charge is -2.22. The summed E-state index contributed by atoms with van der Waals surface area (Å²) in [6.07, 6.45) is 2.23. The third-order valence-electron chi connectivity index (χ3n) is 5.21. The van der Waals surface area contributed by atoms with Crippen LogP contribution in [0.5, 0.6) is 5.75 Å². The second-order valence-corrected chi connectivity index (χ2v) is 8.29. The molecule has 4 rings (SSSR count). The van der Waals surface area contributed by atoms with Gasteiger partial charge in [-0.25, -0.2) is 14.8 Å². The molecule has 2 heterocycles. The Bertz CT molecular complexity index is 1190. The standard InChI is InChI=1S/C25H24N4O4S/c1-3-13-26-25-27-21(16-34-25)24(31)33-15-23(30)29-22(18-9-11-19(32-2)12-10-18)14-20(28-29)17-7-5-4-6-8-17/h3-12,16,22H,1,13-15H2,2H3,(H,26,27)/t22-/m0/s1. The van der Waals surface area contributed by atoms with Gasteiger partial charge in [-0.15, -0.1) is 17.9 Å². The maximum absolute atomic E-state index is 13.1. The Labute approximate surface area is 201 Å². The van der Waals surface area contributed by atoms with Crippen LogP contribution in [0.25, 0.3) is 0 Å². The van der Waals surface area contributed by atoms with Crippen LogP contribution in [-0.4, -0.2) is 47.8 Å². The minimum absolute atomic E-state index is 0.144. The first-order valence-corrected chi connectivity index (χ1v) is 11.5. The average Bonchev–Trinajstić information content (AvgIpc) is 3.54. The lowest BCUT2D eigenvalue weighted by Crippen LogP contribution is -2.31. The van der Waals surface area contributed by atoms with Crippen molar-refractivity contribution in [3.05, 3.63) is 89.5 Å². The van der Waals surface area contributed by atoms with Gasteiger partial charge in [0.1, 0.15) is 5.75 Å². The summed E-state index contributed by atoms with van der Waals surface area (Å²) in [7, 11) is 1.60. The zero-order valence-corrected chi connectivity index (χ0v) is 19.5. The van der Waals surface area contributed by atoms with Crippen LogP contribution >= 0.6 is 11.3 Å². The van der Waals surface area contributed by atoms with Crippen molar-refractivity contribution in [2.45, 2.75) is 12.5 Å². The second-order valence-electron chi connectivity index (χ2n) is 7.43. The van der Waals surface area contributed by atoms with Crippen LogP contribution in [-0.2, 0) is 9.53 Å². The zero-order valence-electron chi connectivity index (χ0n) is 18.6. The van der Waals surface area contributed by atoms with Crippen molar-refractivity contribution >= 4 is 34.1 Å². The third-order valence-corrected chi connectivity index (χ3v) is 6.01. The van der Waals surface area contributed by atoms with E-state index in [1.54, 1.807) is 18.6 Å². The number of anilines is 1. The number of carbonyl (C=O) groups excluding carboxylic acids is 2. The van der Waals surface area contributed by atoms with Gasteiger partial charge in [-0.3, -0.25) is 4.79 Å². The highest BCUT2D eigenvalue weighted by atomic mass is 32.1. The minimum Gasteiger partial charge on any atom is -0.497 e. The molecule has 0 saturated heterocycles. The fourth-order valence-corrected chi connectivity index (χ4v) is 4.20. The molecule has 1 atom stereocenters. The number of hydrogen-bond acceptors (Lipinski definition) is 8. The van der Waals surface area contributed by atoms with E-state index < -0.39 is 18.5 Å². The number of carbonyl (C=O) groups is 2. The van der Waals surface area contributed by atoms with E-state index in [-0.39, 0.29) is 11.7 Å². The first kappa shape index (κ1) is 23.2. The number of hydrogen-bond donors (Lipinski definition) is 1. The molecular formula is C25H24N4O4S. The number of aromatic nitrogens is 1. The van der Waals surface area contributed by atoms with Gasteiger partial charge >= 0.3 is 5.97 Å². The highest BCUT2D eigenvalue weighted by Gasteiger charge is 2.33. The molecule has 9 heteroatoms. The Morgan fingerprint density at radius 1 is 1.21 bits per heavy atom. The summed E-state index contributed by atoms with van der Waals surface area (Å²) in [6.45, 7) is 3.72. The van der Waals surface area contributed by atoms with E-state index in [0.717, 1.165) is 22.6 Å². The first-order valence-electron chi connectivity index (χ1n) is 10.7. The largest absolute Gasteiger partial charge is 0.497 e. The molecule has 1 aromatic heterocycles. The summed E-state index contributed by atoms with van der Waals surface area (Å²) in [5.41, 5.74) is 2.78. The summed E-state index contributed by atoms with van der Waals surface area (Å²) < 4.78 is 10.5. The summed E-state index contributed by atoms with van der Waals surface area (Å²) >= 11 is 1.28. The molecule has 0 saturated carbocycles. The number of thiazole rings is 1. The molecule has 0 radical (unpaired) electrons. The van der Waals surface area contributed by atoms with E-state index in [4.69, 9.17) is 9.47 Å². The van der Waals surface area contributed by atoms with Gasteiger partial charge < -0.3 is 14.8 Å². The number of ether oxygens (including phenoxy) is 2. The van der Waals surface area contributed by atoms with Gasteiger partial charge in [-0.2, -0.15) is 5.10 Å². The Balaban J connectivity index is 1.48. The van der Waals surface area contributed by atoms with E-state index in [1.807, 2.05) is 54.6 Å². The van der Waals surface area contributed by atoms with Crippen molar-refractivity contribution in [2.24, 2.45) is 5.10 Å². The van der Waals surface area contributed by atoms with Crippen molar-refractivity contribution < 1.29 is 19.1 Å². The second kappa shape index (κ2) is 10.8. The predicted octanol–water partition coefficient (Wildman–Crippen LogP) is 4.28. The van der Waals surface area contributed by atoms with Crippen LogP contribution in [0.15, 0.2) is 77.7 Å². The Hall–Kier alpha value is -3.98. The molecule has 1 amide bonds. The van der Waals surface area contributed by atoms with E-state index in [2.05, 4.69) is 22.0 Å². The fraction of sp³-hybridized carbons (Fsp3) is 0.200. The van der Waals surface area contributed by atoms with Gasteiger partial charge in [-0.1, -0.05) is 48.5 Å². The monoisotopic (exact) mass is 476 g/mol. The third kappa shape index (κ3) is 5.32. The summed E-state index contributed by atoms with van der Waals surface area (Å²) in [5.74, 6) is -0.355. The topological polar surface area (TPSA) is 93.1 Å². The molecule has 174 valence electrons. The Kier molecular flexibility index (Phi) is 7.34. The molecule has 0 fully saturated rings. The smallest absolute Gasteiger partial charge is 0.358 e. The number of amides is 1. The number of esters is 1. The number of nitrogens with zero attached hydrogens (tertiary/aromatic N) is 3. The van der Waals surface area contributed by atoms with Gasteiger partial charge in [0, 0.05) is 18.3 Å². The Morgan fingerprint density at radius 3 is 2.68 bits per heavy atom. The van der Waals surface area contributed by atoms with Crippen LogP contribution in [0.2, 0.25) is 0 Å². The number of nitrogens with one attached hydrogen (secondary N) is 1. The molecule has 2 aromatic carbocycles. The predicted molar refractivity (Wildman–Crippen MR) is 131 cm³/mol. The van der Waals surface area contributed by atoms with E-state index in [0.29, 0.717) is 18.1 Å². The van der Waals surface area contributed by atoms with E-state index >= 15 is 0 Å². The van der Waals surface area contributed by atoms with Gasteiger partial charge in [0.05, 0.1) is 18.9 Å². The number of methoxy groups -OCH3 is 1. The number of hydrazone groups is 1. The molecule has 0 bridgehead atoms. The number of rotatable bonds is 9.